The molecule has 0 heterocycles. The fourth-order valence-electron chi connectivity index (χ4n) is 2.79. The first kappa shape index (κ1) is 19.4. The number of carbonyl (C=O) groups excluding carboxylic acids is 1. The molecule has 2 aromatic rings. The third-order valence-electron chi connectivity index (χ3n) is 4.44. The largest absolute Gasteiger partial charge is 0.496 e. The van der Waals surface area contributed by atoms with E-state index < -0.39 is 10.0 Å². The molecule has 144 valence electrons. The molecule has 0 aliphatic heterocycles. The zero-order valence-corrected chi connectivity index (χ0v) is 16.3. The van der Waals surface area contributed by atoms with Gasteiger partial charge < -0.3 is 10.1 Å². The van der Waals surface area contributed by atoms with Crippen molar-refractivity contribution < 1.29 is 17.9 Å². The summed E-state index contributed by atoms with van der Waals surface area (Å²) in [5.74, 6) is 0.563. The molecule has 1 aliphatic rings. The Kier molecular flexibility index (Phi) is 5.82. The van der Waals surface area contributed by atoms with E-state index in [1.54, 1.807) is 7.11 Å². The summed E-state index contributed by atoms with van der Waals surface area (Å²) in [5.41, 5.74) is 2.59. The minimum atomic E-state index is -3.50. The molecule has 0 saturated heterocycles. The van der Waals surface area contributed by atoms with Crippen LogP contribution in [0.4, 0.5) is 0 Å². The van der Waals surface area contributed by atoms with Crippen LogP contribution in [0.15, 0.2) is 47.4 Å². The second-order valence-electron chi connectivity index (χ2n) is 6.74. The lowest BCUT2D eigenvalue weighted by Gasteiger charge is -2.11. The monoisotopic (exact) mass is 388 g/mol. The molecule has 2 aromatic carbocycles. The van der Waals surface area contributed by atoms with E-state index in [1.807, 2.05) is 25.1 Å². The summed E-state index contributed by atoms with van der Waals surface area (Å²) in [5, 5.41) is 2.86. The summed E-state index contributed by atoms with van der Waals surface area (Å²) in [6, 6.07) is 12.0. The first-order valence-electron chi connectivity index (χ1n) is 8.93. The molecule has 0 unspecified atom stereocenters. The average Bonchev–Trinajstić information content (AvgIpc) is 3.45. The van der Waals surface area contributed by atoms with Crippen molar-refractivity contribution in [1.82, 2.24) is 10.0 Å². The molecule has 2 N–H and O–H groups in total. The number of methoxy groups -OCH3 is 1. The summed E-state index contributed by atoms with van der Waals surface area (Å²) in [6.45, 7) is 2.47. The number of hydrogen-bond donors (Lipinski definition) is 2. The Hall–Kier alpha value is -2.38. The summed E-state index contributed by atoms with van der Waals surface area (Å²) < 4.78 is 32.3. The van der Waals surface area contributed by atoms with Gasteiger partial charge in [0.05, 0.1) is 12.0 Å². The van der Waals surface area contributed by atoms with E-state index in [1.165, 1.54) is 24.3 Å². The minimum absolute atomic E-state index is 0.0524. The fraction of sp³-hybridized carbons (Fsp3) is 0.350. The van der Waals surface area contributed by atoms with Gasteiger partial charge in [-0.2, -0.15) is 0 Å². The van der Waals surface area contributed by atoms with Crippen molar-refractivity contribution >= 4 is 15.9 Å². The molecule has 7 heteroatoms. The van der Waals surface area contributed by atoms with Crippen molar-refractivity contribution in [3.05, 3.63) is 59.2 Å². The number of amides is 1. The number of rotatable bonds is 8. The van der Waals surface area contributed by atoms with E-state index in [0.717, 1.165) is 29.7 Å². The summed E-state index contributed by atoms with van der Waals surface area (Å²) >= 11 is 0. The molecule has 3 rings (SSSR count). The van der Waals surface area contributed by atoms with E-state index >= 15 is 0 Å². The van der Waals surface area contributed by atoms with Gasteiger partial charge in [0.1, 0.15) is 5.75 Å². The van der Waals surface area contributed by atoms with Crippen LogP contribution in [0.3, 0.4) is 0 Å². The topological polar surface area (TPSA) is 84.5 Å². The van der Waals surface area contributed by atoms with Gasteiger partial charge >= 0.3 is 0 Å². The predicted octanol–water partition coefficient (Wildman–Crippen LogP) is 2.42. The molecular formula is C20H24N2O4S. The second kappa shape index (κ2) is 8.10. The normalized spacial score (nSPS) is 14.0. The van der Waals surface area contributed by atoms with Crippen LogP contribution < -0.4 is 14.8 Å². The summed E-state index contributed by atoms with van der Waals surface area (Å²) in [6.07, 6.45) is 2.41. The Balaban J connectivity index is 1.57. The number of sulfonamides is 1. The van der Waals surface area contributed by atoms with E-state index in [2.05, 4.69) is 10.0 Å². The van der Waals surface area contributed by atoms with Crippen LogP contribution in [0.2, 0.25) is 0 Å². The fourth-order valence-corrected chi connectivity index (χ4v) is 4.09. The maximum absolute atomic E-state index is 12.3. The van der Waals surface area contributed by atoms with Crippen LogP contribution in [-0.2, 0) is 16.4 Å². The Bertz CT molecular complexity index is 919. The number of nitrogens with one attached hydrogen (secondary N) is 2. The number of ether oxygens (including phenoxy) is 1. The molecule has 27 heavy (non-hydrogen) atoms. The molecule has 0 radical (unpaired) electrons. The van der Waals surface area contributed by atoms with Crippen molar-refractivity contribution in [2.75, 3.05) is 13.7 Å². The molecular weight excluding hydrogens is 364 g/mol. The van der Waals surface area contributed by atoms with E-state index in [9.17, 15) is 13.2 Å². The van der Waals surface area contributed by atoms with Gasteiger partial charge in [-0.25, -0.2) is 13.1 Å². The van der Waals surface area contributed by atoms with E-state index in [0.29, 0.717) is 18.5 Å². The molecule has 1 aliphatic carbocycles. The van der Waals surface area contributed by atoms with Crippen molar-refractivity contribution in [2.45, 2.75) is 37.1 Å². The highest BCUT2D eigenvalue weighted by Gasteiger charge is 2.27. The molecule has 6 nitrogen and oxygen atoms in total. The van der Waals surface area contributed by atoms with Crippen LogP contribution in [0.1, 0.15) is 34.3 Å². The van der Waals surface area contributed by atoms with Gasteiger partial charge in [0.25, 0.3) is 5.91 Å². The van der Waals surface area contributed by atoms with Crippen LogP contribution in [0.25, 0.3) is 0 Å². The number of hydrogen-bond acceptors (Lipinski definition) is 4. The van der Waals surface area contributed by atoms with Gasteiger partial charge in [-0.3, -0.25) is 4.79 Å². The SMILES string of the molecule is COc1ccc(C)cc1CCNC(=O)c1ccc(S(=O)(=O)NC2CC2)cc1. The van der Waals surface area contributed by atoms with Crippen molar-refractivity contribution in [3.63, 3.8) is 0 Å². The minimum Gasteiger partial charge on any atom is -0.496 e. The highest BCUT2D eigenvalue weighted by molar-refractivity contribution is 7.89. The maximum atomic E-state index is 12.3. The number of aryl methyl sites for hydroxylation is 1. The molecule has 1 amide bonds. The predicted molar refractivity (Wildman–Crippen MR) is 104 cm³/mol. The van der Waals surface area contributed by atoms with Crippen molar-refractivity contribution in [2.24, 2.45) is 0 Å². The average molecular weight is 388 g/mol. The van der Waals surface area contributed by atoms with Gasteiger partial charge in [0.15, 0.2) is 0 Å². The van der Waals surface area contributed by atoms with Crippen LogP contribution in [-0.4, -0.2) is 34.0 Å². The number of carbonyl (C=O) groups is 1. The van der Waals surface area contributed by atoms with Gasteiger partial charge in [-0.15, -0.1) is 0 Å². The third-order valence-corrected chi connectivity index (χ3v) is 5.98. The first-order chi connectivity index (χ1) is 12.9. The molecule has 0 aromatic heterocycles. The zero-order chi connectivity index (χ0) is 19.4. The highest BCUT2D eigenvalue weighted by Crippen LogP contribution is 2.22. The quantitative estimate of drug-likeness (QED) is 0.727. The Morgan fingerprint density at radius 2 is 1.85 bits per heavy atom. The van der Waals surface area contributed by atoms with Gasteiger partial charge in [0, 0.05) is 18.2 Å². The molecule has 0 spiro atoms. The van der Waals surface area contributed by atoms with Gasteiger partial charge in [-0.05, 0) is 62.1 Å². The first-order valence-corrected chi connectivity index (χ1v) is 10.4. The molecule has 0 atom stereocenters. The lowest BCUT2D eigenvalue weighted by molar-refractivity contribution is 0.0954. The third kappa shape index (κ3) is 5.08. The number of benzene rings is 2. The Labute approximate surface area is 160 Å². The van der Waals surface area contributed by atoms with Crippen LogP contribution in [0.5, 0.6) is 5.75 Å². The second-order valence-corrected chi connectivity index (χ2v) is 8.46. The maximum Gasteiger partial charge on any atom is 0.251 e. The van der Waals surface area contributed by atoms with Crippen LogP contribution in [0, 0.1) is 6.92 Å². The van der Waals surface area contributed by atoms with Gasteiger partial charge in [-0.1, -0.05) is 17.7 Å². The zero-order valence-electron chi connectivity index (χ0n) is 15.5. The van der Waals surface area contributed by atoms with Crippen molar-refractivity contribution in [3.8, 4) is 5.75 Å². The molecule has 1 saturated carbocycles. The lowest BCUT2D eigenvalue weighted by Crippen LogP contribution is -2.27. The smallest absolute Gasteiger partial charge is 0.251 e. The summed E-state index contributed by atoms with van der Waals surface area (Å²) in [4.78, 5) is 12.5. The lowest BCUT2D eigenvalue weighted by atomic mass is 10.1. The van der Waals surface area contributed by atoms with Crippen LogP contribution >= 0.6 is 0 Å². The van der Waals surface area contributed by atoms with Gasteiger partial charge in [0.2, 0.25) is 10.0 Å². The van der Waals surface area contributed by atoms with E-state index in [-0.39, 0.29) is 16.8 Å². The molecule has 0 bridgehead atoms. The standard InChI is InChI=1S/C20H24N2O4S/c1-14-3-10-19(26-2)16(13-14)11-12-21-20(23)15-4-8-18(9-5-15)27(24,25)22-17-6-7-17/h3-5,8-10,13,17,22H,6-7,11-12H2,1-2H3,(H,21,23). The van der Waals surface area contributed by atoms with E-state index in [4.69, 9.17) is 4.74 Å². The Morgan fingerprint density at radius 3 is 2.48 bits per heavy atom. The highest BCUT2D eigenvalue weighted by atomic mass is 32.2. The Morgan fingerprint density at radius 1 is 1.15 bits per heavy atom. The van der Waals surface area contributed by atoms with Crippen molar-refractivity contribution in [1.29, 1.82) is 0 Å². The summed E-state index contributed by atoms with van der Waals surface area (Å²) in [7, 11) is -1.87. The molecule has 1 fully saturated rings.